The lowest BCUT2D eigenvalue weighted by Crippen LogP contribution is -2.30. The summed E-state index contributed by atoms with van der Waals surface area (Å²) in [6.45, 7) is 4.78. The summed E-state index contributed by atoms with van der Waals surface area (Å²) in [6.07, 6.45) is 0. The first-order valence-electron chi connectivity index (χ1n) is 8.53. The third-order valence-corrected chi connectivity index (χ3v) is 5.30. The molecule has 0 aromatic heterocycles. The molecule has 1 aromatic rings. The molecule has 0 saturated carbocycles. The highest BCUT2D eigenvalue weighted by Gasteiger charge is 2.42. The molecule has 0 amide bonds. The molecule has 8 nitrogen and oxygen atoms in total. The zero-order valence-electron chi connectivity index (χ0n) is 15.7. The van der Waals surface area contributed by atoms with Gasteiger partial charge in [0.2, 0.25) is 0 Å². The van der Waals surface area contributed by atoms with E-state index < -0.39 is 22.7 Å². The van der Waals surface area contributed by atoms with Gasteiger partial charge in [-0.25, -0.2) is 9.79 Å². The summed E-state index contributed by atoms with van der Waals surface area (Å²) in [7, 11) is 0. The Morgan fingerprint density at radius 3 is 2.64 bits per heavy atom. The number of nitro groups is 1. The van der Waals surface area contributed by atoms with Gasteiger partial charge < -0.3 is 4.74 Å². The molecule has 0 aliphatic carbocycles. The Morgan fingerprint density at radius 1 is 1.39 bits per heavy atom. The molecule has 0 unspecified atom stereocenters. The average Bonchev–Trinajstić information content (AvgIpc) is 2.65. The van der Waals surface area contributed by atoms with Crippen LogP contribution >= 0.6 is 11.8 Å². The Balaban J connectivity index is 2.69. The zero-order valence-corrected chi connectivity index (χ0v) is 16.5. The number of hydrogen-bond acceptors (Lipinski definition) is 8. The van der Waals surface area contributed by atoms with Crippen LogP contribution in [0.1, 0.15) is 32.3 Å². The fraction of sp³-hybridized carbons (Fsp3) is 0.368. The van der Waals surface area contributed by atoms with E-state index in [9.17, 15) is 25.0 Å². The van der Waals surface area contributed by atoms with Gasteiger partial charge in [0.25, 0.3) is 5.69 Å². The van der Waals surface area contributed by atoms with E-state index in [0.29, 0.717) is 10.7 Å². The summed E-state index contributed by atoms with van der Waals surface area (Å²) >= 11 is 1.10. The van der Waals surface area contributed by atoms with Crippen molar-refractivity contribution in [2.75, 3.05) is 12.4 Å². The highest BCUT2D eigenvalue weighted by atomic mass is 32.2. The molecular formula is C19H19N3O5S. The van der Waals surface area contributed by atoms with Crippen LogP contribution in [0.15, 0.2) is 40.5 Å². The van der Waals surface area contributed by atoms with E-state index in [0.717, 1.165) is 11.8 Å². The first-order valence-corrected chi connectivity index (χ1v) is 9.52. The molecule has 9 heteroatoms. The number of nitrogens with zero attached hydrogens (tertiary/aromatic N) is 3. The number of carbonyl (C=O) groups excluding carboxylic acids is 2. The van der Waals surface area contributed by atoms with Crippen LogP contribution in [0.25, 0.3) is 0 Å². The molecule has 0 N–H and O–H groups in total. The quantitative estimate of drug-likeness (QED) is 0.406. The molecule has 2 rings (SSSR count). The van der Waals surface area contributed by atoms with Crippen LogP contribution in [-0.4, -0.2) is 34.1 Å². The lowest BCUT2D eigenvalue weighted by molar-refractivity contribution is -0.385. The average molecular weight is 401 g/mol. The molecule has 0 radical (unpaired) electrons. The van der Waals surface area contributed by atoms with Crippen LogP contribution in [0.4, 0.5) is 5.69 Å². The van der Waals surface area contributed by atoms with Crippen LogP contribution in [0.2, 0.25) is 0 Å². The van der Waals surface area contributed by atoms with Crippen molar-refractivity contribution >= 4 is 34.2 Å². The molecule has 1 aliphatic heterocycles. The van der Waals surface area contributed by atoms with E-state index in [2.05, 4.69) is 11.1 Å². The summed E-state index contributed by atoms with van der Waals surface area (Å²) < 4.78 is 5.12. The van der Waals surface area contributed by atoms with Crippen molar-refractivity contribution in [3.05, 3.63) is 51.2 Å². The third kappa shape index (κ3) is 4.46. The molecule has 1 heterocycles. The molecule has 1 aliphatic rings. The number of thioether (sulfide) groups is 1. The van der Waals surface area contributed by atoms with Gasteiger partial charge in [-0.1, -0.05) is 18.2 Å². The summed E-state index contributed by atoms with van der Waals surface area (Å²) in [4.78, 5) is 39.4. The second-order valence-corrected chi connectivity index (χ2v) is 7.06. The minimum Gasteiger partial charge on any atom is -0.463 e. The predicted octanol–water partition coefficient (Wildman–Crippen LogP) is 3.39. The van der Waals surface area contributed by atoms with Gasteiger partial charge in [-0.3, -0.25) is 14.9 Å². The first-order chi connectivity index (χ1) is 13.3. The minimum atomic E-state index is -0.950. The molecule has 1 aromatic carbocycles. The Kier molecular flexibility index (Phi) is 7.06. The fourth-order valence-electron chi connectivity index (χ4n) is 2.99. The van der Waals surface area contributed by atoms with Crippen LogP contribution in [0.5, 0.6) is 0 Å². The number of esters is 1. The number of nitriles is 1. The number of hydrogen-bond donors (Lipinski definition) is 0. The van der Waals surface area contributed by atoms with E-state index in [-0.39, 0.29) is 35.0 Å². The van der Waals surface area contributed by atoms with Crippen LogP contribution < -0.4 is 0 Å². The largest absolute Gasteiger partial charge is 0.463 e. The molecule has 2 atom stereocenters. The molecule has 146 valence electrons. The van der Waals surface area contributed by atoms with Crippen LogP contribution in [0.3, 0.4) is 0 Å². The summed E-state index contributed by atoms with van der Waals surface area (Å²) in [5.41, 5.74) is 0.478. The van der Waals surface area contributed by atoms with E-state index >= 15 is 0 Å². The second-order valence-electron chi connectivity index (χ2n) is 6.06. The molecule has 0 bridgehead atoms. The third-order valence-electron chi connectivity index (χ3n) is 4.10. The molecule has 28 heavy (non-hydrogen) atoms. The number of carbonyl (C=O) groups is 2. The van der Waals surface area contributed by atoms with E-state index in [1.807, 2.05) is 0 Å². The topological polar surface area (TPSA) is 123 Å². The molecular weight excluding hydrogens is 382 g/mol. The number of rotatable bonds is 6. The van der Waals surface area contributed by atoms with Gasteiger partial charge in [0.15, 0.2) is 0 Å². The summed E-state index contributed by atoms with van der Waals surface area (Å²) in [5, 5.41) is 21.7. The summed E-state index contributed by atoms with van der Waals surface area (Å²) in [5.74, 6) is -2.51. The smallest absolute Gasteiger partial charge is 0.336 e. The summed E-state index contributed by atoms with van der Waals surface area (Å²) in [6, 6.07) is 8.10. The van der Waals surface area contributed by atoms with Crippen molar-refractivity contribution < 1.29 is 19.2 Å². The lowest BCUT2D eigenvalue weighted by Gasteiger charge is -2.29. The van der Waals surface area contributed by atoms with Gasteiger partial charge in [0.1, 0.15) is 11.7 Å². The monoisotopic (exact) mass is 401 g/mol. The molecule has 0 fully saturated rings. The number of ketones is 1. The number of benzene rings is 1. The van der Waals surface area contributed by atoms with E-state index in [1.165, 1.54) is 25.1 Å². The van der Waals surface area contributed by atoms with Gasteiger partial charge in [0, 0.05) is 23.2 Å². The molecule has 0 saturated heterocycles. The second kappa shape index (κ2) is 9.28. The van der Waals surface area contributed by atoms with Gasteiger partial charge in [-0.15, -0.1) is 11.8 Å². The Labute approximate surface area is 166 Å². The lowest BCUT2D eigenvalue weighted by atomic mass is 9.78. The maximum atomic E-state index is 12.6. The first kappa shape index (κ1) is 21.3. The molecule has 0 spiro atoms. The number of allylic oxidation sites excluding steroid dienone is 1. The van der Waals surface area contributed by atoms with Crippen molar-refractivity contribution in [3.8, 4) is 6.07 Å². The van der Waals surface area contributed by atoms with E-state index in [1.54, 1.807) is 19.9 Å². The predicted molar refractivity (Wildman–Crippen MR) is 105 cm³/mol. The van der Waals surface area contributed by atoms with Crippen molar-refractivity contribution in [1.29, 1.82) is 5.26 Å². The van der Waals surface area contributed by atoms with Crippen LogP contribution in [0, 0.1) is 27.4 Å². The number of para-hydroxylation sites is 1. The number of Topliss-reactive ketones (excluding diaryl/α,β-unsaturated/α-hetero) is 1. The van der Waals surface area contributed by atoms with E-state index in [4.69, 9.17) is 4.74 Å². The van der Waals surface area contributed by atoms with Crippen molar-refractivity contribution in [2.24, 2.45) is 10.9 Å². The Morgan fingerprint density at radius 2 is 2.07 bits per heavy atom. The number of ether oxygens (including phenoxy) is 1. The Bertz CT molecular complexity index is 916. The highest BCUT2D eigenvalue weighted by molar-refractivity contribution is 8.14. The number of aliphatic imine (C=N–C) groups is 1. The standard InChI is InChI=1S/C19H19N3O5S/c1-4-27-19(24)16-12(3)21-18(28-10-11(2)23)14(9-20)17(16)13-7-5-6-8-15(13)22(25)26/h5-8,14,17H,4,10H2,1-3H3/t14-,17-/m1/s1. The zero-order chi connectivity index (χ0) is 20.8. The van der Waals surface area contributed by atoms with Crippen LogP contribution in [-0.2, 0) is 14.3 Å². The minimum absolute atomic E-state index is 0.0931. The fourth-order valence-corrected chi connectivity index (χ4v) is 3.91. The number of nitro benzene ring substituents is 1. The van der Waals surface area contributed by atoms with Gasteiger partial charge in [0.05, 0.1) is 34.0 Å². The highest BCUT2D eigenvalue weighted by Crippen LogP contribution is 2.44. The van der Waals surface area contributed by atoms with Crippen molar-refractivity contribution in [2.45, 2.75) is 26.7 Å². The van der Waals surface area contributed by atoms with Gasteiger partial charge in [-0.05, 0) is 20.8 Å². The normalized spacial score (nSPS) is 18.9. The maximum absolute atomic E-state index is 12.6. The Hall–Kier alpha value is -2.99. The van der Waals surface area contributed by atoms with Gasteiger partial charge in [-0.2, -0.15) is 5.26 Å². The van der Waals surface area contributed by atoms with Gasteiger partial charge >= 0.3 is 5.97 Å². The SMILES string of the molecule is CCOC(=O)C1=C(C)N=C(SCC(C)=O)[C@H](C#N)[C@H]1c1ccccc1[N+](=O)[O-]. The maximum Gasteiger partial charge on any atom is 0.336 e. The van der Waals surface area contributed by atoms with Crippen molar-refractivity contribution in [1.82, 2.24) is 0 Å². The van der Waals surface area contributed by atoms with Crippen molar-refractivity contribution in [3.63, 3.8) is 0 Å².